The van der Waals surface area contributed by atoms with Crippen molar-refractivity contribution in [2.45, 2.75) is 46.2 Å². The second-order valence-electron chi connectivity index (χ2n) is 6.95. The number of nitrogens with zero attached hydrogens (tertiary/aromatic N) is 3. The molecular formula is C22H26N4OS. The van der Waals surface area contributed by atoms with Crippen LogP contribution < -0.4 is 5.32 Å². The summed E-state index contributed by atoms with van der Waals surface area (Å²) >= 11 is 1.40. The highest BCUT2D eigenvalue weighted by atomic mass is 32.2. The van der Waals surface area contributed by atoms with Crippen molar-refractivity contribution < 1.29 is 4.79 Å². The van der Waals surface area contributed by atoms with E-state index in [9.17, 15) is 4.79 Å². The Balaban J connectivity index is 1.78. The zero-order valence-corrected chi connectivity index (χ0v) is 17.9. The van der Waals surface area contributed by atoms with Crippen molar-refractivity contribution in [2.75, 3.05) is 11.1 Å². The summed E-state index contributed by atoms with van der Waals surface area (Å²) in [5, 5.41) is 12.3. The molecular weight excluding hydrogens is 368 g/mol. The van der Waals surface area contributed by atoms with Gasteiger partial charge in [0, 0.05) is 5.69 Å². The maximum Gasteiger partial charge on any atom is 0.234 e. The van der Waals surface area contributed by atoms with E-state index < -0.39 is 0 Å². The maximum absolute atomic E-state index is 12.6. The van der Waals surface area contributed by atoms with Crippen LogP contribution in [0.3, 0.4) is 0 Å². The molecule has 6 heteroatoms. The molecule has 2 aromatic carbocycles. The van der Waals surface area contributed by atoms with Crippen LogP contribution in [0.25, 0.3) is 5.69 Å². The molecule has 0 aliphatic heterocycles. The van der Waals surface area contributed by atoms with Crippen molar-refractivity contribution >= 4 is 23.4 Å². The number of anilines is 1. The second kappa shape index (κ2) is 8.61. The molecule has 5 nitrogen and oxygen atoms in total. The Kier molecular flexibility index (Phi) is 6.19. The minimum absolute atomic E-state index is 0.0397. The van der Waals surface area contributed by atoms with E-state index in [2.05, 4.69) is 60.6 Å². The van der Waals surface area contributed by atoms with E-state index in [1.54, 1.807) is 0 Å². The van der Waals surface area contributed by atoms with Crippen LogP contribution in [-0.4, -0.2) is 26.4 Å². The van der Waals surface area contributed by atoms with Gasteiger partial charge >= 0.3 is 0 Å². The molecule has 0 bridgehead atoms. The normalized spacial score (nSPS) is 10.9. The fourth-order valence-corrected chi connectivity index (χ4v) is 3.97. The Bertz CT molecular complexity index is 1010. The lowest BCUT2D eigenvalue weighted by Gasteiger charge is -2.14. The lowest BCUT2D eigenvalue weighted by atomic mass is 10.1. The lowest BCUT2D eigenvalue weighted by molar-refractivity contribution is -0.113. The zero-order valence-electron chi connectivity index (χ0n) is 17.0. The molecule has 0 fully saturated rings. The number of hydrogen-bond donors (Lipinski definition) is 1. The smallest absolute Gasteiger partial charge is 0.234 e. The van der Waals surface area contributed by atoms with Crippen molar-refractivity contribution in [1.29, 1.82) is 0 Å². The molecule has 0 radical (unpaired) electrons. The van der Waals surface area contributed by atoms with Gasteiger partial charge in [-0.25, -0.2) is 0 Å². The highest BCUT2D eigenvalue weighted by molar-refractivity contribution is 7.99. The quantitative estimate of drug-likeness (QED) is 0.611. The van der Waals surface area contributed by atoms with Gasteiger partial charge in [0.1, 0.15) is 5.82 Å². The van der Waals surface area contributed by atoms with Crippen LogP contribution in [0.5, 0.6) is 0 Å². The third kappa shape index (κ3) is 4.28. The van der Waals surface area contributed by atoms with Gasteiger partial charge in [0.25, 0.3) is 0 Å². The predicted molar refractivity (Wildman–Crippen MR) is 115 cm³/mol. The van der Waals surface area contributed by atoms with E-state index in [4.69, 9.17) is 0 Å². The number of thioether (sulfide) groups is 1. The average molecular weight is 395 g/mol. The topological polar surface area (TPSA) is 59.8 Å². The van der Waals surface area contributed by atoms with Gasteiger partial charge in [-0.05, 0) is 62.4 Å². The Labute approximate surface area is 170 Å². The number of aryl methyl sites for hydroxylation is 5. The molecule has 0 spiro atoms. The van der Waals surface area contributed by atoms with Gasteiger partial charge in [-0.2, -0.15) is 0 Å². The minimum Gasteiger partial charge on any atom is -0.325 e. The lowest BCUT2D eigenvalue weighted by Crippen LogP contribution is -2.16. The van der Waals surface area contributed by atoms with E-state index in [0.717, 1.165) is 45.5 Å². The molecule has 1 amide bonds. The number of hydrogen-bond acceptors (Lipinski definition) is 4. The number of aromatic nitrogens is 3. The molecule has 1 heterocycles. The highest BCUT2D eigenvalue weighted by Gasteiger charge is 2.16. The molecule has 3 rings (SSSR count). The van der Waals surface area contributed by atoms with Crippen LogP contribution in [0.4, 0.5) is 5.69 Å². The van der Waals surface area contributed by atoms with Gasteiger partial charge in [-0.15, -0.1) is 10.2 Å². The molecule has 146 valence electrons. The fourth-order valence-electron chi connectivity index (χ4n) is 3.18. The summed E-state index contributed by atoms with van der Waals surface area (Å²) in [6.07, 6.45) is 0.880. The van der Waals surface area contributed by atoms with Crippen molar-refractivity contribution in [2.24, 2.45) is 0 Å². The molecule has 0 aliphatic rings. The fraction of sp³-hybridized carbons (Fsp3) is 0.318. The summed E-state index contributed by atoms with van der Waals surface area (Å²) in [7, 11) is 0. The summed E-state index contributed by atoms with van der Waals surface area (Å²) in [6, 6.07) is 12.4. The van der Waals surface area contributed by atoms with E-state index in [1.807, 2.05) is 30.5 Å². The van der Waals surface area contributed by atoms with Crippen LogP contribution in [0, 0.1) is 27.7 Å². The third-order valence-electron chi connectivity index (χ3n) is 4.74. The van der Waals surface area contributed by atoms with Gasteiger partial charge in [0.2, 0.25) is 5.91 Å². The summed E-state index contributed by atoms with van der Waals surface area (Å²) in [5.74, 6) is 1.05. The zero-order chi connectivity index (χ0) is 20.3. The first-order chi connectivity index (χ1) is 13.4. The summed E-state index contributed by atoms with van der Waals surface area (Å²) in [5.41, 5.74) is 6.52. The van der Waals surface area contributed by atoms with E-state index >= 15 is 0 Å². The monoisotopic (exact) mass is 394 g/mol. The Morgan fingerprint density at radius 1 is 1.07 bits per heavy atom. The Morgan fingerprint density at radius 3 is 2.61 bits per heavy atom. The van der Waals surface area contributed by atoms with Crippen molar-refractivity contribution in [3.05, 3.63) is 64.5 Å². The number of amides is 1. The first-order valence-corrected chi connectivity index (χ1v) is 10.4. The first kappa shape index (κ1) is 20.1. The van der Waals surface area contributed by atoms with Crippen molar-refractivity contribution in [3.63, 3.8) is 0 Å². The minimum atomic E-state index is -0.0397. The number of benzene rings is 2. The summed E-state index contributed by atoms with van der Waals surface area (Å²) < 4.78 is 2.02. The largest absolute Gasteiger partial charge is 0.325 e. The number of rotatable bonds is 6. The van der Waals surface area contributed by atoms with E-state index in [0.29, 0.717) is 0 Å². The molecule has 3 aromatic rings. The van der Waals surface area contributed by atoms with Gasteiger partial charge in [-0.3, -0.25) is 9.36 Å². The molecule has 0 atom stereocenters. The third-order valence-corrected chi connectivity index (χ3v) is 5.67. The SMILES string of the molecule is CCc1cccc(C)c1NC(=O)CSc1nnc(C)n1-c1cc(C)ccc1C. The summed E-state index contributed by atoms with van der Waals surface area (Å²) in [4.78, 5) is 12.6. The van der Waals surface area contributed by atoms with Gasteiger partial charge < -0.3 is 5.32 Å². The van der Waals surface area contributed by atoms with Crippen LogP contribution in [0.15, 0.2) is 41.6 Å². The van der Waals surface area contributed by atoms with Crippen LogP contribution in [-0.2, 0) is 11.2 Å². The van der Waals surface area contributed by atoms with Gasteiger partial charge in [0.15, 0.2) is 5.16 Å². The molecule has 0 saturated heterocycles. The Morgan fingerprint density at radius 2 is 1.86 bits per heavy atom. The highest BCUT2D eigenvalue weighted by Crippen LogP contribution is 2.26. The van der Waals surface area contributed by atoms with Gasteiger partial charge in [-0.1, -0.05) is 49.0 Å². The van der Waals surface area contributed by atoms with E-state index in [-0.39, 0.29) is 11.7 Å². The molecule has 0 saturated carbocycles. The Hall–Kier alpha value is -2.60. The molecule has 0 aliphatic carbocycles. The number of para-hydroxylation sites is 1. The average Bonchev–Trinajstić information content (AvgIpc) is 3.04. The number of carbonyl (C=O) groups excluding carboxylic acids is 1. The molecule has 0 unspecified atom stereocenters. The molecule has 1 aromatic heterocycles. The summed E-state index contributed by atoms with van der Waals surface area (Å²) in [6.45, 7) is 10.2. The molecule has 28 heavy (non-hydrogen) atoms. The number of nitrogens with one attached hydrogen (secondary N) is 1. The maximum atomic E-state index is 12.6. The van der Waals surface area contributed by atoms with E-state index in [1.165, 1.54) is 17.3 Å². The van der Waals surface area contributed by atoms with Crippen molar-refractivity contribution in [1.82, 2.24) is 14.8 Å². The van der Waals surface area contributed by atoms with Crippen LogP contribution in [0.1, 0.15) is 35.0 Å². The number of carbonyl (C=O) groups is 1. The van der Waals surface area contributed by atoms with Crippen LogP contribution >= 0.6 is 11.8 Å². The van der Waals surface area contributed by atoms with Crippen LogP contribution in [0.2, 0.25) is 0 Å². The second-order valence-corrected chi connectivity index (χ2v) is 7.90. The first-order valence-electron chi connectivity index (χ1n) is 9.41. The van der Waals surface area contributed by atoms with Crippen molar-refractivity contribution in [3.8, 4) is 5.69 Å². The predicted octanol–water partition coefficient (Wildman–Crippen LogP) is 4.79. The standard InChI is InChI=1S/C22H26N4OS/c1-6-18-9-7-8-16(4)21(18)23-20(27)13-28-22-25-24-17(5)26(22)19-12-14(2)10-11-15(19)3/h7-12H,6,13H2,1-5H3,(H,23,27). The molecule has 1 N–H and O–H groups in total. The van der Waals surface area contributed by atoms with Gasteiger partial charge in [0.05, 0.1) is 11.4 Å².